The van der Waals surface area contributed by atoms with Crippen LogP contribution in [-0.2, 0) is 9.53 Å². The van der Waals surface area contributed by atoms with Crippen LogP contribution < -0.4 is 9.80 Å². The number of ether oxygens (including phenoxy) is 1. The molecule has 2 unspecified atom stereocenters. The minimum absolute atomic E-state index is 0.0419. The summed E-state index contributed by atoms with van der Waals surface area (Å²) in [6.07, 6.45) is 9.31. The number of amides is 1. The monoisotopic (exact) mass is 285 g/mol. The summed E-state index contributed by atoms with van der Waals surface area (Å²) in [5.74, 6) is 1.03. The van der Waals surface area contributed by atoms with Crippen molar-refractivity contribution in [2.45, 2.75) is 31.5 Å². The predicted octanol–water partition coefficient (Wildman–Crippen LogP) is 1.74. The Morgan fingerprint density at radius 1 is 1.19 bits per heavy atom. The lowest BCUT2D eigenvalue weighted by molar-refractivity contribution is -0.114. The summed E-state index contributed by atoms with van der Waals surface area (Å²) < 4.78 is 5.85. The van der Waals surface area contributed by atoms with Crippen molar-refractivity contribution < 1.29 is 9.53 Å². The minimum atomic E-state index is 0.0419. The van der Waals surface area contributed by atoms with Crippen molar-refractivity contribution in [1.29, 1.82) is 0 Å². The quantitative estimate of drug-likeness (QED) is 0.830. The lowest BCUT2D eigenvalue weighted by Gasteiger charge is -2.33. The van der Waals surface area contributed by atoms with Gasteiger partial charge in [-0.3, -0.25) is 4.79 Å². The predicted molar refractivity (Wildman–Crippen MR) is 80.5 cm³/mol. The molecular weight excluding hydrogens is 266 g/mol. The van der Waals surface area contributed by atoms with Gasteiger partial charge in [-0.1, -0.05) is 6.08 Å². The van der Waals surface area contributed by atoms with Gasteiger partial charge in [-0.15, -0.1) is 0 Å². The Bertz CT molecular complexity index is 557. The SMILES string of the molecule is O=C1C=CCCN1c1ccc(N2CC3CCC(C2)O3)nc1. The highest BCUT2D eigenvalue weighted by atomic mass is 16.5. The molecule has 0 saturated carbocycles. The molecule has 0 aliphatic carbocycles. The number of fused-ring (bicyclic) bond motifs is 2. The van der Waals surface area contributed by atoms with E-state index in [1.807, 2.05) is 24.4 Å². The molecule has 4 heterocycles. The van der Waals surface area contributed by atoms with Crippen LogP contribution in [0.3, 0.4) is 0 Å². The zero-order valence-electron chi connectivity index (χ0n) is 11.9. The summed E-state index contributed by atoms with van der Waals surface area (Å²) in [6.45, 7) is 2.58. The molecule has 3 aliphatic heterocycles. The standard InChI is InChI=1S/C16H19N3O2/c20-16-3-1-2-8-19(16)12-4-7-15(17-9-12)18-10-13-5-6-14(11-18)21-13/h1,3-4,7,9,13-14H,2,5-6,8,10-11H2. The molecule has 2 saturated heterocycles. The number of nitrogens with zero attached hydrogens (tertiary/aromatic N) is 3. The maximum absolute atomic E-state index is 11.9. The summed E-state index contributed by atoms with van der Waals surface area (Å²) in [5.41, 5.74) is 0.879. The van der Waals surface area contributed by atoms with Gasteiger partial charge in [0, 0.05) is 19.6 Å². The second-order valence-corrected chi connectivity index (χ2v) is 5.92. The van der Waals surface area contributed by atoms with E-state index in [9.17, 15) is 4.79 Å². The van der Waals surface area contributed by atoms with Crippen molar-refractivity contribution in [3.05, 3.63) is 30.5 Å². The van der Waals surface area contributed by atoms with Crippen LogP contribution in [0.1, 0.15) is 19.3 Å². The molecule has 2 fully saturated rings. The number of carbonyl (C=O) groups excluding carboxylic acids is 1. The molecule has 5 heteroatoms. The number of aromatic nitrogens is 1. The lowest BCUT2D eigenvalue weighted by atomic mass is 10.2. The Kier molecular flexibility index (Phi) is 3.15. The van der Waals surface area contributed by atoms with Crippen molar-refractivity contribution in [3.63, 3.8) is 0 Å². The third-order valence-corrected chi connectivity index (χ3v) is 4.46. The first-order chi connectivity index (χ1) is 10.3. The van der Waals surface area contributed by atoms with Gasteiger partial charge in [0.15, 0.2) is 0 Å². The Morgan fingerprint density at radius 2 is 2.00 bits per heavy atom. The van der Waals surface area contributed by atoms with Gasteiger partial charge >= 0.3 is 0 Å². The molecule has 1 aromatic rings. The van der Waals surface area contributed by atoms with E-state index in [1.54, 1.807) is 11.0 Å². The minimum Gasteiger partial charge on any atom is -0.371 e. The molecule has 1 amide bonds. The van der Waals surface area contributed by atoms with E-state index in [0.717, 1.165) is 50.4 Å². The van der Waals surface area contributed by atoms with Gasteiger partial charge in [0.2, 0.25) is 0 Å². The highest BCUT2D eigenvalue weighted by Gasteiger charge is 2.34. The van der Waals surface area contributed by atoms with E-state index >= 15 is 0 Å². The molecule has 110 valence electrons. The topological polar surface area (TPSA) is 45.7 Å². The first-order valence-corrected chi connectivity index (χ1v) is 7.64. The molecule has 21 heavy (non-hydrogen) atoms. The fourth-order valence-electron chi connectivity index (χ4n) is 3.37. The molecule has 0 spiro atoms. The van der Waals surface area contributed by atoms with Gasteiger partial charge in [0.05, 0.1) is 24.1 Å². The number of hydrogen-bond donors (Lipinski definition) is 0. The van der Waals surface area contributed by atoms with E-state index in [-0.39, 0.29) is 5.91 Å². The summed E-state index contributed by atoms with van der Waals surface area (Å²) >= 11 is 0. The van der Waals surface area contributed by atoms with Crippen molar-refractivity contribution in [3.8, 4) is 0 Å². The zero-order valence-corrected chi connectivity index (χ0v) is 11.9. The molecule has 0 aromatic carbocycles. The molecule has 4 rings (SSSR count). The molecular formula is C16H19N3O2. The van der Waals surface area contributed by atoms with Crippen molar-refractivity contribution in [1.82, 2.24) is 4.98 Å². The zero-order chi connectivity index (χ0) is 14.2. The van der Waals surface area contributed by atoms with Gasteiger partial charge in [0.1, 0.15) is 5.82 Å². The Hall–Kier alpha value is -1.88. The third-order valence-electron chi connectivity index (χ3n) is 4.46. The number of morpholine rings is 1. The number of hydrogen-bond acceptors (Lipinski definition) is 4. The van der Waals surface area contributed by atoms with Crippen molar-refractivity contribution >= 4 is 17.4 Å². The highest BCUT2D eigenvalue weighted by Crippen LogP contribution is 2.29. The fraction of sp³-hybridized carbons (Fsp3) is 0.500. The largest absolute Gasteiger partial charge is 0.371 e. The maximum Gasteiger partial charge on any atom is 0.250 e. The lowest BCUT2D eigenvalue weighted by Crippen LogP contribution is -2.43. The first kappa shape index (κ1) is 12.8. The van der Waals surface area contributed by atoms with E-state index < -0.39 is 0 Å². The molecule has 0 N–H and O–H groups in total. The van der Waals surface area contributed by atoms with E-state index in [4.69, 9.17) is 4.74 Å². The van der Waals surface area contributed by atoms with Crippen molar-refractivity contribution in [2.24, 2.45) is 0 Å². The summed E-state index contributed by atoms with van der Waals surface area (Å²) in [4.78, 5) is 20.5. The summed E-state index contributed by atoms with van der Waals surface area (Å²) in [7, 11) is 0. The van der Waals surface area contributed by atoms with Crippen LogP contribution >= 0.6 is 0 Å². The van der Waals surface area contributed by atoms with Gasteiger partial charge in [0.25, 0.3) is 5.91 Å². The summed E-state index contributed by atoms with van der Waals surface area (Å²) in [6, 6.07) is 4.02. The van der Waals surface area contributed by atoms with Gasteiger partial charge < -0.3 is 14.5 Å². The Morgan fingerprint density at radius 3 is 2.67 bits per heavy atom. The van der Waals surface area contributed by atoms with Crippen LogP contribution in [0.25, 0.3) is 0 Å². The summed E-state index contributed by atoms with van der Waals surface area (Å²) in [5, 5.41) is 0. The van der Waals surface area contributed by atoms with Crippen LogP contribution in [0, 0.1) is 0 Å². The molecule has 2 bridgehead atoms. The normalized spacial score (nSPS) is 28.3. The van der Waals surface area contributed by atoms with Crippen LogP contribution in [-0.4, -0.2) is 42.7 Å². The van der Waals surface area contributed by atoms with Crippen LogP contribution in [0.2, 0.25) is 0 Å². The van der Waals surface area contributed by atoms with E-state index in [2.05, 4.69) is 9.88 Å². The molecule has 0 radical (unpaired) electrons. The smallest absolute Gasteiger partial charge is 0.250 e. The third kappa shape index (κ3) is 2.42. The van der Waals surface area contributed by atoms with Crippen LogP contribution in [0.15, 0.2) is 30.5 Å². The maximum atomic E-state index is 11.9. The van der Waals surface area contributed by atoms with Crippen LogP contribution in [0.4, 0.5) is 11.5 Å². The number of anilines is 2. The average molecular weight is 285 g/mol. The molecule has 2 atom stereocenters. The molecule has 1 aromatic heterocycles. The first-order valence-electron chi connectivity index (χ1n) is 7.64. The number of carbonyl (C=O) groups is 1. The van der Waals surface area contributed by atoms with Gasteiger partial charge in [-0.2, -0.15) is 0 Å². The fourth-order valence-corrected chi connectivity index (χ4v) is 3.37. The second-order valence-electron chi connectivity index (χ2n) is 5.92. The Labute approximate surface area is 124 Å². The second kappa shape index (κ2) is 5.15. The van der Waals surface area contributed by atoms with Gasteiger partial charge in [-0.05, 0) is 37.5 Å². The Balaban J connectivity index is 1.51. The highest BCUT2D eigenvalue weighted by molar-refractivity contribution is 6.02. The number of rotatable bonds is 2. The van der Waals surface area contributed by atoms with Crippen LogP contribution in [0.5, 0.6) is 0 Å². The molecule has 3 aliphatic rings. The van der Waals surface area contributed by atoms with E-state index in [1.165, 1.54) is 0 Å². The van der Waals surface area contributed by atoms with Gasteiger partial charge in [-0.25, -0.2) is 4.98 Å². The molecule has 5 nitrogen and oxygen atoms in total. The van der Waals surface area contributed by atoms with Crippen molar-refractivity contribution in [2.75, 3.05) is 29.4 Å². The van der Waals surface area contributed by atoms with E-state index in [0.29, 0.717) is 12.2 Å². The number of pyridine rings is 1. The average Bonchev–Trinajstić information content (AvgIpc) is 2.86.